The number of likely N-dealkylation sites (N-methyl/N-ethyl adjacent to an activating group) is 1. The quantitative estimate of drug-likeness (QED) is 0.612. The number of nitrogens with zero attached hydrogens (tertiary/aromatic N) is 1. The Labute approximate surface area is 79.5 Å². The zero-order valence-electron chi connectivity index (χ0n) is 7.99. The van der Waals surface area contributed by atoms with Gasteiger partial charge in [-0.25, -0.2) is 0 Å². The van der Waals surface area contributed by atoms with Gasteiger partial charge in [-0.15, -0.1) is 0 Å². The molecule has 0 atom stereocenters. The summed E-state index contributed by atoms with van der Waals surface area (Å²) < 4.78 is 5.50. The third-order valence-corrected chi connectivity index (χ3v) is 1.83. The normalized spacial score (nSPS) is 18.8. The highest BCUT2D eigenvalue weighted by atomic mass is 16.5. The second-order valence-electron chi connectivity index (χ2n) is 2.98. The number of allylic oxidation sites excluding steroid dienone is 3. The van der Waals surface area contributed by atoms with E-state index >= 15 is 0 Å². The van der Waals surface area contributed by atoms with Crippen molar-refractivity contribution in [1.82, 2.24) is 4.90 Å². The standard InChI is InChI=1S/C11H15NO/c1-4-6-7-11-10(5-2)8-12(3)9-13-11/h4-7H,1-2,8-9H2,3H3/b7-6-. The van der Waals surface area contributed by atoms with Crippen LogP contribution in [0.2, 0.25) is 0 Å². The first-order valence-electron chi connectivity index (χ1n) is 4.24. The van der Waals surface area contributed by atoms with Crippen molar-refractivity contribution < 1.29 is 4.74 Å². The molecule has 0 bridgehead atoms. The summed E-state index contributed by atoms with van der Waals surface area (Å²) in [6.45, 7) is 8.88. The van der Waals surface area contributed by atoms with Crippen molar-refractivity contribution >= 4 is 0 Å². The fourth-order valence-corrected chi connectivity index (χ4v) is 1.16. The Balaban J connectivity index is 2.82. The molecule has 0 spiro atoms. The Morgan fingerprint density at radius 3 is 2.85 bits per heavy atom. The first-order chi connectivity index (χ1) is 6.27. The van der Waals surface area contributed by atoms with Crippen molar-refractivity contribution in [3.63, 3.8) is 0 Å². The second-order valence-corrected chi connectivity index (χ2v) is 2.98. The van der Waals surface area contributed by atoms with Gasteiger partial charge in [0.25, 0.3) is 0 Å². The smallest absolute Gasteiger partial charge is 0.142 e. The lowest BCUT2D eigenvalue weighted by Crippen LogP contribution is -2.28. The molecule has 2 heteroatoms. The lowest BCUT2D eigenvalue weighted by Gasteiger charge is -2.25. The van der Waals surface area contributed by atoms with Crippen LogP contribution in [0.3, 0.4) is 0 Å². The van der Waals surface area contributed by atoms with Gasteiger partial charge in [-0.3, -0.25) is 4.90 Å². The van der Waals surface area contributed by atoms with E-state index in [1.807, 2.05) is 25.3 Å². The SMILES string of the molecule is C=C/C=C\C1=C(C=C)CN(C)CO1. The molecule has 1 aliphatic heterocycles. The second kappa shape index (κ2) is 4.67. The molecule has 0 aromatic heterocycles. The van der Waals surface area contributed by atoms with Gasteiger partial charge in [-0.1, -0.05) is 31.4 Å². The number of rotatable bonds is 3. The molecule has 0 amide bonds. The first kappa shape index (κ1) is 9.81. The molecule has 1 aliphatic rings. The van der Waals surface area contributed by atoms with Crippen LogP contribution in [0.4, 0.5) is 0 Å². The van der Waals surface area contributed by atoms with Crippen molar-refractivity contribution in [3.05, 3.63) is 48.8 Å². The first-order valence-corrected chi connectivity index (χ1v) is 4.24. The third-order valence-electron chi connectivity index (χ3n) is 1.83. The highest BCUT2D eigenvalue weighted by molar-refractivity contribution is 5.31. The lowest BCUT2D eigenvalue weighted by atomic mass is 10.2. The van der Waals surface area contributed by atoms with E-state index in [2.05, 4.69) is 18.1 Å². The maximum atomic E-state index is 5.50. The van der Waals surface area contributed by atoms with Crippen LogP contribution in [-0.2, 0) is 4.74 Å². The third kappa shape index (κ3) is 2.60. The van der Waals surface area contributed by atoms with Gasteiger partial charge in [0.1, 0.15) is 12.5 Å². The summed E-state index contributed by atoms with van der Waals surface area (Å²) in [5.74, 6) is 0.896. The van der Waals surface area contributed by atoms with Crippen LogP contribution in [0.5, 0.6) is 0 Å². The van der Waals surface area contributed by atoms with Gasteiger partial charge in [-0.05, 0) is 13.1 Å². The molecule has 0 unspecified atom stereocenters. The number of hydrogen-bond donors (Lipinski definition) is 0. The van der Waals surface area contributed by atoms with Gasteiger partial charge in [0, 0.05) is 12.1 Å². The fraction of sp³-hybridized carbons (Fsp3) is 0.273. The highest BCUT2D eigenvalue weighted by Gasteiger charge is 2.12. The van der Waals surface area contributed by atoms with Gasteiger partial charge in [-0.2, -0.15) is 0 Å². The fourth-order valence-electron chi connectivity index (χ4n) is 1.16. The molecule has 0 aliphatic carbocycles. The van der Waals surface area contributed by atoms with Gasteiger partial charge in [0.2, 0.25) is 0 Å². The zero-order chi connectivity index (χ0) is 9.68. The highest BCUT2D eigenvalue weighted by Crippen LogP contribution is 2.15. The Hall–Kier alpha value is -1.28. The van der Waals surface area contributed by atoms with Crippen LogP contribution in [-0.4, -0.2) is 25.2 Å². The summed E-state index contributed by atoms with van der Waals surface area (Å²) >= 11 is 0. The van der Waals surface area contributed by atoms with Crippen LogP contribution >= 0.6 is 0 Å². The van der Waals surface area contributed by atoms with E-state index in [9.17, 15) is 0 Å². The largest absolute Gasteiger partial charge is 0.478 e. The average Bonchev–Trinajstić information content (AvgIpc) is 2.16. The van der Waals surface area contributed by atoms with E-state index in [0.29, 0.717) is 6.73 Å². The van der Waals surface area contributed by atoms with Crippen LogP contribution in [0.15, 0.2) is 48.8 Å². The molecule has 1 rings (SSSR count). The van der Waals surface area contributed by atoms with Crippen LogP contribution in [0.25, 0.3) is 0 Å². The molecule has 2 nitrogen and oxygen atoms in total. The molecule has 0 saturated heterocycles. The zero-order valence-corrected chi connectivity index (χ0v) is 7.99. The Morgan fingerprint density at radius 2 is 2.23 bits per heavy atom. The maximum absolute atomic E-state index is 5.50. The van der Waals surface area contributed by atoms with E-state index in [0.717, 1.165) is 17.9 Å². The van der Waals surface area contributed by atoms with E-state index in [4.69, 9.17) is 4.74 Å². The van der Waals surface area contributed by atoms with E-state index in [1.165, 1.54) is 0 Å². The maximum Gasteiger partial charge on any atom is 0.142 e. The summed E-state index contributed by atoms with van der Waals surface area (Å²) in [6.07, 6.45) is 7.34. The monoisotopic (exact) mass is 177 g/mol. The molecule has 0 radical (unpaired) electrons. The molecular weight excluding hydrogens is 162 g/mol. The molecule has 0 N–H and O–H groups in total. The van der Waals surface area contributed by atoms with Crippen LogP contribution in [0, 0.1) is 0 Å². The predicted octanol–water partition coefficient (Wildman–Crippen LogP) is 2.09. The topological polar surface area (TPSA) is 12.5 Å². The van der Waals surface area contributed by atoms with Crippen LogP contribution < -0.4 is 0 Å². The van der Waals surface area contributed by atoms with Crippen molar-refractivity contribution in [2.24, 2.45) is 0 Å². The lowest BCUT2D eigenvalue weighted by molar-refractivity contribution is 0.0842. The van der Waals surface area contributed by atoms with Crippen molar-refractivity contribution in [3.8, 4) is 0 Å². The van der Waals surface area contributed by atoms with Gasteiger partial charge < -0.3 is 4.74 Å². The Bertz CT molecular complexity index is 263. The van der Waals surface area contributed by atoms with Gasteiger partial charge in [0.15, 0.2) is 0 Å². The molecule has 0 aromatic carbocycles. The summed E-state index contributed by atoms with van der Waals surface area (Å²) in [5.41, 5.74) is 1.12. The molecule has 0 aromatic rings. The van der Waals surface area contributed by atoms with Crippen molar-refractivity contribution in [1.29, 1.82) is 0 Å². The summed E-state index contributed by atoms with van der Waals surface area (Å²) in [7, 11) is 2.01. The summed E-state index contributed by atoms with van der Waals surface area (Å²) in [6, 6.07) is 0. The van der Waals surface area contributed by atoms with E-state index in [1.54, 1.807) is 6.08 Å². The predicted molar refractivity (Wildman–Crippen MR) is 55.1 cm³/mol. The van der Waals surface area contributed by atoms with Crippen molar-refractivity contribution in [2.75, 3.05) is 20.3 Å². The Morgan fingerprint density at radius 1 is 1.46 bits per heavy atom. The summed E-state index contributed by atoms with van der Waals surface area (Å²) in [5, 5.41) is 0. The minimum absolute atomic E-state index is 0.633. The molecule has 13 heavy (non-hydrogen) atoms. The van der Waals surface area contributed by atoms with E-state index in [-0.39, 0.29) is 0 Å². The number of hydrogen-bond acceptors (Lipinski definition) is 2. The van der Waals surface area contributed by atoms with Crippen molar-refractivity contribution in [2.45, 2.75) is 0 Å². The van der Waals surface area contributed by atoms with Crippen LogP contribution in [0.1, 0.15) is 0 Å². The molecular formula is C11H15NO. The number of ether oxygens (including phenoxy) is 1. The summed E-state index contributed by atoms with van der Waals surface area (Å²) in [4.78, 5) is 2.09. The molecule has 70 valence electrons. The molecule has 0 saturated carbocycles. The van der Waals surface area contributed by atoms with Gasteiger partial charge >= 0.3 is 0 Å². The molecule has 1 heterocycles. The average molecular weight is 177 g/mol. The molecule has 0 fully saturated rings. The minimum atomic E-state index is 0.633. The minimum Gasteiger partial charge on any atom is -0.478 e. The van der Waals surface area contributed by atoms with E-state index < -0.39 is 0 Å². The van der Waals surface area contributed by atoms with Gasteiger partial charge in [0.05, 0.1) is 0 Å². The Kier molecular flexibility index (Phi) is 3.53.